The van der Waals surface area contributed by atoms with Crippen molar-refractivity contribution in [2.75, 3.05) is 0 Å². The highest BCUT2D eigenvalue weighted by molar-refractivity contribution is 6.80. The van der Waals surface area contributed by atoms with Crippen LogP contribution in [0.15, 0.2) is 0 Å². The van der Waals surface area contributed by atoms with Crippen molar-refractivity contribution in [1.82, 2.24) is 14.6 Å². The third kappa shape index (κ3) is 2.95. The van der Waals surface area contributed by atoms with Gasteiger partial charge in [-0.3, -0.25) is 0 Å². The van der Waals surface area contributed by atoms with Gasteiger partial charge < -0.3 is 14.6 Å². The maximum absolute atomic E-state index is 3.22. The van der Waals surface area contributed by atoms with Gasteiger partial charge in [-0.2, -0.15) is 0 Å². The summed E-state index contributed by atoms with van der Waals surface area (Å²) in [4.78, 5) is 0. The molecule has 0 aliphatic carbocycles. The fourth-order valence-electron chi connectivity index (χ4n) is 1.41. The van der Waals surface area contributed by atoms with Gasteiger partial charge in [0.15, 0.2) is 0 Å². The maximum Gasteiger partial charge on any atom is 0.456 e. The molecule has 0 aromatic heterocycles. The van der Waals surface area contributed by atoms with E-state index >= 15 is 0 Å². The number of nitrogens with one attached hydrogen (secondary N) is 1. The molecule has 0 saturated carbocycles. The molecule has 0 amide bonds. The van der Waals surface area contributed by atoms with E-state index in [9.17, 15) is 0 Å². The maximum atomic E-state index is 3.22. The third-order valence-corrected chi connectivity index (χ3v) is 1.94. The fraction of sp³-hybridized carbons (Fsp3) is 0.333. The van der Waals surface area contributed by atoms with E-state index in [1.54, 1.807) is 0 Å². The van der Waals surface area contributed by atoms with Crippen LogP contribution in [0.2, 0.25) is 0 Å². The summed E-state index contributed by atoms with van der Waals surface area (Å²) in [6.07, 6.45) is 0. The minimum atomic E-state index is -0.0313. The Morgan fingerprint density at radius 2 is 1.47 bits per heavy atom. The predicted octanol–water partition coefficient (Wildman–Crippen LogP) is -1.26. The zero-order valence-corrected chi connectivity index (χ0v) is 9.39. The van der Waals surface area contributed by atoms with Crippen LogP contribution in [-0.2, 0) is 0 Å². The van der Waals surface area contributed by atoms with Crippen molar-refractivity contribution in [3.05, 3.63) is 0 Å². The fourth-order valence-corrected chi connectivity index (χ4v) is 1.41. The monoisotopic (exact) mass is 195 g/mol. The van der Waals surface area contributed by atoms with Crippen LogP contribution in [0.1, 0.15) is 20.8 Å². The Kier molecular flexibility index (Phi) is 4.62. The summed E-state index contributed by atoms with van der Waals surface area (Å²) in [5.74, 6) is 11.8. The van der Waals surface area contributed by atoms with Crippen LogP contribution < -0.4 is 5.14 Å². The van der Waals surface area contributed by atoms with Crippen LogP contribution in [0.3, 0.4) is 0 Å². The van der Waals surface area contributed by atoms with Gasteiger partial charge in [0.2, 0.25) is 0 Å². The third-order valence-electron chi connectivity index (χ3n) is 1.94. The Morgan fingerprint density at radius 1 is 0.933 bits per heavy atom. The normalized spacial score (nSPS) is 13.1. The van der Waals surface area contributed by atoms with Crippen molar-refractivity contribution < 1.29 is 0 Å². The smallest absolute Gasteiger partial charge is 0.378 e. The molecule has 1 aliphatic heterocycles. The average Bonchev–Trinajstić information content (AvgIpc) is 2.23. The molecule has 1 saturated heterocycles. The molecule has 1 aliphatic rings. The molecule has 1 rings (SSSR count). The molecule has 1 heterocycles. The van der Waals surface area contributed by atoms with E-state index < -0.39 is 0 Å². The van der Waals surface area contributed by atoms with E-state index in [0.29, 0.717) is 0 Å². The molecule has 0 spiro atoms. The Bertz CT molecular complexity index is 362. The van der Waals surface area contributed by atoms with Gasteiger partial charge in [0.25, 0.3) is 0 Å². The highest BCUT2D eigenvalue weighted by atomic mass is 15.2. The van der Waals surface area contributed by atoms with Gasteiger partial charge in [-0.25, -0.2) is 0 Å². The van der Waals surface area contributed by atoms with Gasteiger partial charge in [-0.15, -0.1) is 11.7 Å². The Hall–Kier alpha value is -1.57. The lowest BCUT2D eigenvalue weighted by atomic mass is 9.61. The minimum absolute atomic E-state index is 0.0313. The molecule has 3 nitrogen and oxygen atoms in total. The van der Waals surface area contributed by atoms with Crippen molar-refractivity contribution in [2.24, 2.45) is 0 Å². The highest BCUT2D eigenvalue weighted by Crippen LogP contribution is 1.99. The minimum Gasteiger partial charge on any atom is -0.378 e. The molecule has 72 valence electrons. The molecule has 0 aromatic carbocycles. The summed E-state index contributed by atoms with van der Waals surface area (Å²) in [7, 11) is 1.45. The zero-order chi connectivity index (χ0) is 11.1. The SMILES string of the molecule is CC#CB1N(C#CC)BNBN1C#CC. The first-order valence-corrected chi connectivity index (χ1v) is 4.84. The van der Waals surface area contributed by atoms with Crippen molar-refractivity contribution in [1.29, 1.82) is 0 Å². The Labute approximate surface area is 93.7 Å². The molecule has 1 fully saturated rings. The van der Waals surface area contributed by atoms with Gasteiger partial charge in [-0.05, 0) is 32.9 Å². The van der Waals surface area contributed by atoms with E-state index in [1.807, 2.05) is 30.2 Å². The topological polar surface area (TPSA) is 18.5 Å². The van der Waals surface area contributed by atoms with E-state index in [-0.39, 0.29) is 6.98 Å². The van der Waals surface area contributed by atoms with Crippen LogP contribution >= 0.6 is 0 Å². The summed E-state index contributed by atoms with van der Waals surface area (Å²) in [6, 6.07) is 6.03. The van der Waals surface area contributed by atoms with Crippen LogP contribution in [-0.4, -0.2) is 31.5 Å². The van der Waals surface area contributed by atoms with Gasteiger partial charge in [0.1, 0.15) is 0 Å². The van der Waals surface area contributed by atoms with Crippen LogP contribution in [0, 0.1) is 35.7 Å². The molecular weight excluding hydrogens is 183 g/mol. The highest BCUT2D eigenvalue weighted by Gasteiger charge is 2.31. The van der Waals surface area contributed by atoms with E-state index in [0.717, 1.165) is 15.1 Å². The first-order chi connectivity index (χ1) is 7.33. The standard InChI is InChI=1S/C9H12B3N3/c1-4-7-12-14(8-5-2)10-13-11-15(12)9-6-3/h10-11,13H,1-3H3. The molecule has 1 N–H and O–H groups in total. The molecule has 0 bridgehead atoms. The summed E-state index contributed by atoms with van der Waals surface area (Å²) in [5, 5.41) is 3.22. The van der Waals surface area contributed by atoms with E-state index in [1.165, 1.54) is 0 Å². The van der Waals surface area contributed by atoms with Crippen LogP contribution in [0.5, 0.6) is 0 Å². The largest absolute Gasteiger partial charge is 0.456 e. The second-order valence-electron chi connectivity index (χ2n) is 3.00. The van der Waals surface area contributed by atoms with Crippen molar-refractivity contribution in [3.8, 4) is 35.7 Å². The van der Waals surface area contributed by atoms with Crippen molar-refractivity contribution >= 4 is 22.1 Å². The van der Waals surface area contributed by atoms with Crippen LogP contribution in [0.25, 0.3) is 0 Å². The lowest BCUT2D eigenvalue weighted by molar-refractivity contribution is 0.788. The number of rotatable bonds is 0. The molecule has 0 radical (unpaired) electrons. The molecule has 0 atom stereocenters. The molecule has 15 heavy (non-hydrogen) atoms. The predicted molar refractivity (Wildman–Crippen MR) is 67.2 cm³/mol. The van der Waals surface area contributed by atoms with Gasteiger partial charge in [0, 0.05) is 0 Å². The quantitative estimate of drug-likeness (QED) is 0.384. The van der Waals surface area contributed by atoms with Crippen molar-refractivity contribution in [2.45, 2.75) is 20.8 Å². The number of hydrogen-bond donors (Lipinski definition) is 1. The van der Waals surface area contributed by atoms with E-state index in [4.69, 9.17) is 0 Å². The first kappa shape index (κ1) is 11.5. The lowest BCUT2D eigenvalue weighted by Gasteiger charge is -2.33. The Morgan fingerprint density at radius 3 is 1.87 bits per heavy atom. The van der Waals surface area contributed by atoms with Crippen LogP contribution in [0.4, 0.5) is 0 Å². The molecule has 0 aromatic rings. The van der Waals surface area contributed by atoms with Gasteiger partial charge in [-0.1, -0.05) is 11.8 Å². The second-order valence-corrected chi connectivity index (χ2v) is 3.00. The summed E-state index contributed by atoms with van der Waals surface area (Å²) in [5.41, 5.74) is 0. The number of nitrogens with zero attached hydrogens (tertiary/aromatic N) is 2. The van der Waals surface area contributed by atoms with E-state index in [2.05, 4.69) is 40.8 Å². The molecule has 0 unspecified atom stereocenters. The second kappa shape index (κ2) is 6.02. The summed E-state index contributed by atoms with van der Waals surface area (Å²) < 4.78 is 3.90. The summed E-state index contributed by atoms with van der Waals surface area (Å²) in [6.45, 7) is 5.44. The average molecular weight is 195 g/mol. The first-order valence-electron chi connectivity index (χ1n) is 4.84. The van der Waals surface area contributed by atoms with Gasteiger partial charge in [0.05, 0.1) is 0 Å². The molecular formula is C9H12B3N3. The Balaban J connectivity index is 2.89. The van der Waals surface area contributed by atoms with Crippen molar-refractivity contribution in [3.63, 3.8) is 0 Å². The molecule has 6 heteroatoms. The zero-order valence-electron chi connectivity index (χ0n) is 9.39. The number of hydrogen-bond acceptors (Lipinski definition) is 3. The lowest BCUT2D eigenvalue weighted by Crippen LogP contribution is -2.63. The summed E-state index contributed by atoms with van der Waals surface area (Å²) >= 11 is 0. The van der Waals surface area contributed by atoms with Gasteiger partial charge >= 0.3 is 22.1 Å².